The number of halogens is 2. The maximum absolute atomic E-state index is 6.22. The monoisotopic (exact) mass is 409 g/mol. The van der Waals surface area contributed by atoms with Gasteiger partial charge in [0, 0.05) is 5.39 Å². The molecule has 106 valence electrons. The smallest absolute Gasteiger partial charge is 0.179 e. The topological polar surface area (TPSA) is 38.7 Å². The fourth-order valence-corrected chi connectivity index (χ4v) is 3.09. The van der Waals surface area contributed by atoms with E-state index in [-0.39, 0.29) is 0 Å². The van der Waals surface area contributed by atoms with Gasteiger partial charge in [-0.15, -0.1) is 0 Å². The summed E-state index contributed by atoms with van der Waals surface area (Å²) < 4.78 is 0.915. The van der Waals surface area contributed by atoms with Gasteiger partial charge in [0.2, 0.25) is 0 Å². The van der Waals surface area contributed by atoms with Crippen molar-refractivity contribution < 1.29 is 0 Å². The van der Waals surface area contributed by atoms with Gasteiger partial charge in [0.1, 0.15) is 10.8 Å². The van der Waals surface area contributed by atoms with Gasteiger partial charge in [0.25, 0.3) is 0 Å². The molecular weight excluding hydrogens is 397 g/mol. The summed E-state index contributed by atoms with van der Waals surface area (Å²) in [6, 6.07) is 10.1. The van der Waals surface area contributed by atoms with E-state index in [0.29, 0.717) is 11.0 Å². The maximum Gasteiger partial charge on any atom is 0.179 e. The van der Waals surface area contributed by atoms with Gasteiger partial charge in [0.05, 0.1) is 14.8 Å². The van der Waals surface area contributed by atoms with E-state index in [1.165, 1.54) is 0 Å². The summed E-state index contributed by atoms with van der Waals surface area (Å²) in [5, 5.41) is 1.64. The molecule has 0 aliphatic rings. The average Bonchev–Trinajstić information content (AvgIpc) is 2.50. The summed E-state index contributed by atoms with van der Waals surface area (Å²) in [6.07, 6.45) is 0.820. The lowest BCUT2D eigenvalue weighted by molar-refractivity contribution is 0.984. The van der Waals surface area contributed by atoms with Crippen molar-refractivity contribution in [1.29, 1.82) is 0 Å². The number of benzene rings is 1. The Morgan fingerprint density at radius 3 is 2.67 bits per heavy atom. The number of aryl methyl sites for hydroxylation is 2. The molecular formula is C16H13ClIN3. The normalized spacial score (nSPS) is 11.0. The number of nitrogens with zero attached hydrogens (tertiary/aromatic N) is 3. The Morgan fingerprint density at radius 1 is 1.14 bits per heavy atom. The van der Waals surface area contributed by atoms with Crippen LogP contribution in [-0.4, -0.2) is 15.0 Å². The van der Waals surface area contributed by atoms with Crippen LogP contribution in [0.2, 0.25) is 5.15 Å². The largest absolute Gasteiger partial charge is 0.244 e. The molecule has 0 bridgehead atoms. The van der Waals surface area contributed by atoms with Crippen LogP contribution in [0.4, 0.5) is 0 Å². The van der Waals surface area contributed by atoms with E-state index in [1.54, 1.807) is 0 Å². The Morgan fingerprint density at radius 2 is 1.90 bits per heavy atom. The van der Waals surface area contributed by atoms with Gasteiger partial charge in [0.15, 0.2) is 5.82 Å². The van der Waals surface area contributed by atoms with Crippen LogP contribution in [0.15, 0.2) is 30.3 Å². The van der Waals surface area contributed by atoms with Crippen molar-refractivity contribution in [2.24, 2.45) is 0 Å². The molecule has 21 heavy (non-hydrogen) atoms. The summed E-state index contributed by atoms with van der Waals surface area (Å²) >= 11 is 8.40. The highest BCUT2D eigenvalue weighted by Crippen LogP contribution is 2.26. The first-order chi connectivity index (χ1) is 10.1. The van der Waals surface area contributed by atoms with E-state index in [4.69, 9.17) is 11.6 Å². The third kappa shape index (κ3) is 2.74. The van der Waals surface area contributed by atoms with Crippen molar-refractivity contribution in [3.8, 4) is 11.5 Å². The molecule has 3 rings (SSSR count). The van der Waals surface area contributed by atoms with E-state index in [0.717, 1.165) is 37.8 Å². The Hall–Kier alpha value is -1.27. The summed E-state index contributed by atoms with van der Waals surface area (Å²) in [6.45, 7) is 4.13. The number of pyridine rings is 1. The minimum atomic E-state index is 0.491. The molecule has 1 aromatic carbocycles. The van der Waals surface area contributed by atoms with Gasteiger partial charge >= 0.3 is 0 Å². The molecule has 0 aliphatic heterocycles. The van der Waals surface area contributed by atoms with Crippen molar-refractivity contribution in [2.45, 2.75) is 20.3 Å². The molecule has 3 nitrogen and oxygen atoms in total. The number of hydrogen-bond donors (Lipinski definition) is 0. The highest BCUT2D eigenvalue weighted by Gasteiger charge is 2.13. The van der Waals surface area contributed by atoms with E-state index in [1.807, 2.05) is 24.3 Å². The SMILES string of the molecule is CCc1nc(-c2cc(C)c3ccccc3n2)nc(Cl)c1I. The van der Waals surface area contributed by atoms with Crippen LogP contribution >= 0.6 is 34.2 Å². The van der Waals surface area contributed by atoms with Gasteiger partial charge in [-0.25, -0.2) is 15.0 Å². The summed E-state index contributed by atoms with van der Waals surface area (Å²) in [4.78, 5) is 13.7. The molecule has 0 amide bonds. The molecule has 0 saturated carbocycles. The molecule has 2 heterocycles. The lowest BCUT2D eigenvalue weighted by Gasteiger charge is -2.08. The minimum Gasteiger partial charge on any atom is -0.244 e. The van der Waals surface area contributed by atoms with E-state index in [2.05, 4.69) is 57.5 Å². The molecule has 0 atom stereocenters. The quantitative estimate of drug-likeness (QED) is 0.450. The van der Waals surface area contributed by atoms with Crippen molar-refractivity contribution in [3.05, 3.63) is 50.3 Å². The Labute approximate surface area is 141 Å². The van der Waals surface area contributed by atoms with Crippen LogP contribution in [0.1, 0.15) is 18.2 Å². The lowest BCUT2D eigenvalue weighted by atomic mass is 10.1. The number of rotatable bonds is 2. The first-order valence-corrected chi connectivity index (χ1v) is 8.14. The van der Waals surface area contributed by atoms with Crippen molar-refractivity contribution in [1.82, 2.24) is 15.0 Å². The van der Waals surface area contributed by atoms with Crippen LogP contribution in [0.25, 0.3) is 22.4 Å². The molecule has 0 saturated heterocycles. The number of aromatic nitrogens is 3. The first-order valence-electron chi connectivity index (χ1n) is 6.68. The molecule has 0 spiro atoms. The van der Waals surface area contributed by atoms with Gasteiger partial charge in [-0.1, -0.05) is 36.7 Å². The molecule has 5 heteroatoms. The highest BCUT2D eigenvalue weighted by atomic mass is 127. The maximum atomic E-state index is 6.22. The van der Waals surface area contributed by atoms with Crippen molar-refractivity contribution in [2.75, 3.05) is 0 Å². The molecule has 3 aromatic rings. The van der Waals surface area contributed by atoms with E-state index < -0.39 is 0 Å². The predicted octanol–water partition coefficient (Wildman–Crippen LogP) is 4.82. The van der Waals surface area contributed by atoms with Crippen LogP contribution in [-0.2, 0) is 6.42 Å². The van der Waals surface area contributed by atoms with Crippen LogP contribution in [0, 0.1) is 10.5 Å². The molecule has 0 radical (unpaired) electrons. The third-order valence-corrected chi connectivity index (χ3v) is 5.09. The van der Waals surface area contributed by atoms with Crippen LogP contribution < -0.4 is 0 Å². The Kier molecular flexibility index (Phi) is 4.08. The minimum absolute atomic E-state index is 0.491. The predicted molar refractivity (Wildman–Crippen MR) is 94.6 cm³/mol. The Balaban J connectivity index is 2.23. The Bertz CT molecular complexity index is 833. The third-order valence-electron chi connectivity index (χ3n) is 3.37. The number of fused-ring (bicyclic) bond motifs is 1. The second kappa shape index (κ2) is 5.85. The van der Waals surface area contributed by atoms with Gasteiger partial charge < -0.3 is 0 Å². The second-order valence-electron chi connectivity index (χ2n) is 4.79. The number of para-hydroxylation sites is 1. The second-order valence-corrected chi connectivity index (χ2v) is 6.23. The molecule has 0 fully saturated rings. The summed E-state index contributed by atoms with van der Waals surface area (Å²) in [5.41, 5.74) is 3.83. The molecule has 0 N–H and O–H groups in total. The fourth-order valence-electron chi connectivity index (χ4n) is 2.28. The first kappa shape index (κ1) is 14.7. The fraction of sp³-hybridized carbons (Fsp3) is 0.188. The average molecular weight is 410 g/mol. The van der Waals surface area contributed by atoms with Gasteiger partial charge in [-0.3, -0.25) is 0 Å². The molecule has 0 unspecified atom stereocenters. The van der Waals surface area contributed by atoms with Gasteiger partial charge in [-0.05, 0) is 53.6 Å². The molecule has 2 aromatic heterocycles. The van der Waals surface area contributed by atoms with E-state index in [9.17, 15) is 0 Å². The van der Waals surface area contributed by atoms with Crippen LogP contribution in [0.3, 0.4) is 0 Å². The zero-order valence-electron chi connectivity index (χ0n) is 11.7. The van der Waals surface area contributed by atoms with Gasteiger partial charge in [-0.2, -0.15) is 0 Å². The van der Waals surface area contributed by atoms with Crippen molar-refractivity contribution >= 4 is 45.1 Å². The van der Waals surface area contributed by atoms with E-state index >= 15 is 0 Å². The van der Waals surface area contributed by atoms with Crippen molar-refractivity contribution in [3.63, 3.8) is 0 Å². The number of hydrogen-bond acceptors (Lipinski definition) is 3. The van der Waals surface area contributed by atoms with Crippen LogP contribution in [0.5, 0.6) is 0 Å². The standard InChI is InChI=1S/C16H13ClIN3/c1-3-11-14(18)15(17)21-16(20-11)13-8-9(2)10-6-4-5-7-12(10)19-13/h4-8H,3H2,1-2H3. The highest BCUT2D eigenvalue weighted by molar-refractivity contribution is 14.1. The summed E-state index contributed by atoms with van der Waals surface area (Å²) in [7, 11) is 0. The zero-order chi connectivity index (χ0) is 15.0. The lowest BCUT2D eigenvalue weighted by Crippen LogP contribution is -2.01. The zero-order valence-corrected chi connectivity index (χ0v) is 14.6. The molecule has 0 aliphatic carbocycles. The summed E-state index contributed by atoms with van der Waals surface area (Å²) in [5.74, 6) is 0.589.